The summed E-state index contributed by atoms with van der Waals surface area (Å²) in [6, 6.07) is 7.34. The molecule has 0 aromatic heterocycles. The smallest absolute Gasteiger partial charge is 0.266 e. The maximum absolute atomic E-state index is 12.4. The Hall–Kier alpha value is -2.30. The average molecular weight is 459 g/mol. The summed E-state index contributed by atoms with van der Waals surface area (Å²) < 4.78 is 41.1. The van der Waals surface area contributed by atoms with E-state index in [1.54, 1.807) is 13.0 Å². The summed E-state index contributed by atoms with van der Waals surface area (Å²) in [4.78, 5) is 14.5. The van der Waals surface area contributed by atoms with Gasteiger partial charge in [-0.1, -0.05) is 15.9 Å². The van der Waals surface area contributed by atoms with E-state index in [4.69, 9.17) is 14.2 Å². The van der Waals surface area contributed by atoms with E-state index in [0.717, 1.165) is 10.0 Å². The second-order valence-electron chi connectivity index (χ2n) is 5.38. The van der Waals surface area contributed by atoms with E-state index in [2.05, 4.69) is 26.2 Å². The average Bonchev–Trinajstić information content (AvgIpc) is 2.66. The number of ether oxygens (including phenoxy) is 3. The first-order valence-electron chi connectivity index (χ1n) is 7.61. The number of carbonyl (C=O) groups excluding carboxylic acids is 1. The fraction of sp³-hybridized carbons (Fsp3) is 0.235. The number of rotatable bonds is 7. The van der Waals surface area contributed by atoms with Gasteiger partial charge < -0.3 is 14.2 Å². The molecule has 2 rings (SSSR count). The number of carbonyl (C=O) groups is 1. The van der Waals surface area contributed by atoms with E-state index < -0.39 is 15.9 Å². The Kier molecular flexibility index (Phi) is 6.68. The van der Waals surface area contributed by atoms with Crippen LogP contribution in [0.4, 0.5) is 0 Å². The quantitative estimate of drug-likeness (QED) is 0.617. The number of sulfonamides is 1. The van der Waals surface area contributed by atoms with Crippen molar-refractivity contribution < 1.29 is 27.4 Å². The fourth-order valence-electron chi connectivity index (χ4n) is 2.24. The van der Waals surface area contributed by atoms with Gasteiger partial charge in [0.25, 0.3) is 15.9 Å². The van der Waals surface area contributed by atoms with Crippen LogP contribution in [0.3, 0.4) is 0 Å². The third kappa shape index (κ3) is 4.71. The first-order valence-corrected chi connectivity index (χ1v) is 9.89. The molecule has 0 atom stereocenters. The largest absolute Gasteiger partial charge is 0.493 e. The predicted octanol–water partition coefficient (Wildman–Crippen LogP) is 2.41. The summed E-state index contributed by atoms with van der Waals surface area (Å²) in [7, 11) is 0.331. The number of halogens is 1. The molecule has 10 heteroatoms. The van der Waals surface area contributed by atoms with E-state index in [1.165, 1.54) is 45.6 Å². The highest BCUT2D eigenvalue weighted by molar-refractivity contribution is 9.10. The first kappa shape index (κ1) is 21.0. The summed E-state index contributed by atoms with van der Waals surface area (Å²) in [6.07, 6.45) is 0. The van der Waals surface area contributed by atoms with Crippen LogP contribution in [0.5, 0.6) is 17.2 Å². The standard InChI is InChI=1S/C17H19BrN2O6S/c1-10-7-12(5-6-13(10)18)27(22,23)20-19-17(21)11-8-14(24-2)16(26-4)15(9-11)25-3/h5-9,20H,1-4H3,(H,19,21). The molecule has 8 nitrogen and oxygen atoms in total. The van der Waals surface area contributed by atoms with Crippen molar-refractivity contribution in [2.45, 2.75) is 11.8 Å². The molecule has 0 aliphatic carbocycles. The van der Waals surface area contributed by atoms with E-state index >= 15 is 0 Å². The Bertz CT molecular complexity index is 937. The number of benzene rings is 2. The molecule has 0 heterocycles. The SMILES string of the molecule is COc1cc(C(=O)NNS(=O)(=O)c2ccc(Br)c(C)c2)cc(OC)c1OC. The van der Waals surface area contributed by atoms with Gasteiger partial charge in [-0.2, -0.15) is 0 Å². The molecule has 2 aromatic rings. The maximum atomic E-state index is 12.4. The van der Waals surface area contributed by atoms with Crippen LogP contribution in [-0.2, 0) is 10.0 Å². The van der Waals surface area contributed by atoms with Gasteiger partial charge in [0.05, 0.1) is 26.2 Å². The summed E-state index contributed by atoms with van der Waals surface area (Å²) in [5.74, 6) is 0.177. The van der Waals surface area contributed by atoms with Crippen molar-refractivity contribution >= 4 is 31.9 Å². The van der Waals surface area contributed by atoms with Gasteiger partial charge in [-0.25, -0.2) is 8.42 Å². The van der Waals surface area contributed by atoms with Gasteiger partial charge in [0, 0.05) is 10.0 Å². The van der Waals surface area contributed by atoms with Crippen LogP contribution in [0.15, 0.2) is 39.7 Å². The lowest BCUT2D eigenvalue weighted by Gasteiger charge is -2.14. The molecule has 0 radical (unpaired) electrons. The molecule has 1 amide bonds. The number of hydrogen-bond acceptors (Lipinski definition) is 6. The molecule has 27 heavy (non-hydrogen) atoms. The van der Waals surface area contributed by atoms with E-state index in [-0.39, 0.29) is 22.0 Å². The number of hydrazine groups is 1. The normalized spacial score (nSPS) is 11.0. The van der Waals surface area contributed by atoms with Gasteiger partial charge in [-0.05, 0) is 42.8 Å². The summed E-state index contributed by atoms with van der Waals surface area (Å²) in [6.45, 7) is 1.76. The van der Waals surface area contributed by atoms with Crippen molar-refractivity contribution in [2.24, 2.45) is 0 Å². The topological polar surface area (TPSA) is 103 Å². The van der Waals surface area contributed by atoms with Gasteiger partial charge in [0.15, 0.2) is 11.5 Å². The Morgan fingerprint density at radius 1 is 1.00 bits per heavy atom. The molecule has 0 saturated heterocycles. The second-order valence-corrected chi connectivity index (χ2v) is 7.92. The molecule has 0 bridgehead atoms. The van der Waals surface area contributed by atoms with Crippen LogP contribution in [0.25, 0.3) is 0 Å². The number of nitrogens with one attached hydrogen (secondary N) is 2. The minimum atomic E-state index is -3.94. The Balaban J connectivity index is 2.23. The molecule has 0 saturated carbocycles. The van der Waals surface area contributed by atoms with Crippen LogP contribution in [0.2, 0.25) is 0 Å². The van der Waals surface area contributed by atoms with Crippen molar-refractivity contribution in [3.05, 3.63) is 45.9 Å². The Morgan fingerprint density at radius 2 is 1.59 bits per heavy atom. The molecular formula is C17H19BrN2O6S. The minimum absolute atomic E-state index is 0.0217. The highest BCUT2D eigenvalue weighted by Crippen LogP contribution is 2.38. The molecule has 0 aliphatic rings. The lowest BCUT2D eigenvalue weighted by molar-refractivity contribution is 0.0944. The van der Waals surface area contributed by atoms with Gasteiger partial charge in [-0.15, -0.1) is 4.83 Å². The predicted molar refractivity (Wildman–Crippen MR) is 103 cm³/mol. The van der Waals surface area contributed by atoms with Crippen LogP contribution in [-0.4, -0.2) is 35.7 Å². The van der Waals surface area contributed by atoms with Gasteiger partial charge in [0.2, 0.25) is 5.75 Å². The maximum Gasteiger partial charge on any atom is 0.266 e. The monoisotopic (exact) mass is 458 g/mol. The summed E-state index contributed by atoms with van der Waals surface area (Å²) in [5.41, 5.74) is 3.04. The fourth-order valence-corrected chi connectivity index (χ4v) is 3.41. The van der Waals surface area contributed by atoms with Crippen LogP contribution in [0, 0.1) is 6.92 Å². The number of methoxy groups -OCH3 is 3. The highest BCUT2D eigenvalue weighted by atomic mass is 79.9. The lowest BCUT2D eigenvalue weighted by Crippen LogP contribution is -2.41. The van der Waals surface area contributed by atoms with Crippen molar-refractivity contribution in [1.82, 2.24) is 10.3 Å². The zero-order valence-corrected chi connectivity index (χ0v) is 17.5. The molecule has 0 fully saturated rings. The molecule has 0 aliphatic heterocycles. The van der Waals surface area contributed by atoms with Crippen molar-refractivity contribution in [1.29, 1.82) is 0 Å². The number of aryl methyl sites for hydroxylation is 1. The second kappa shape index (κ2) is 8.59. The van der Waals surface area contributed by atoms with Crippen molar-refractivity contribution in [3.63, 3.8) is 0 Å². The minimum Gasteiger partial charge on any atom is -0.493 e. The van der Waals surface area contributed by atoms with Crippen LogP contribution in [0.1, 0.15) is 15.9 Å². The molecule has 146 valence electrons. The zero-order valence-electron chi connectivity index (χ0n) is 15.1. The van der Waals surface area contributed by atoms with E-state index in [9.17, 15) is 13.2 Å². The van der Waals surface area contributed by atoms with Gasteiger partial charge in [0.1, 0.15) is 0 Å². The molecule has 2 aromatic carbocycles. The van der Waals surface area contributed by atoms with E-state index in [0.29, 0.717) is 5.75 Å². The molecule has 2 N–H and O–H groups in total. The molecular weight excluding hydrogens is 440 g/mol. The summed E-state index contributed by atoms with van der Waals surface area (Å²) >= 11 is 3.31. The lowest BCUT2D eigenvalue weighted by atomic mass is 10.1. The molecule has 0 unspecified atom stereocenters. The molecule has 0 spiro atoms. The van der Waals surface area contributed by atoms with E-state index in [1.807, 2.05) is 0 Å². The third-order valence-electron chi connectivity index (χ3n) is 3.67. The number of amides is 1. The van der Waals surface area contributed by atoms with Crippen molar-refractivity contribution in [3.8, 4) is 17.2 Å². The number of hydrogen-bond donors (Lipinski definition) is 2. The van der Waals surface area contributed by atoms with Gasteiger partial charge >= 0.3 is 0 Å². The van der Waals surface area contributed by atoms with Gasteiger partial charge in [-0.3, -0.25) is 10.2 Å². The Labute approximate surface area is 166 Å². The van der Waals surface area contributed by atoms with Crippen molar-refractivity contribution in [2.75, 3.05) is 21.3 Å². The Morgan fingerprint density at radius 3 is 2.07 bits per heavy atom. The third-order valence-corrected chi connectivity index (χ3v) is 5.80. The highest BCUT2D eigenvalue weighted by Gasteiger charge is 2.20. The van der Waals surface area contributed by atoms with Crippen LogP contribution >= 0.6 is 15.9 Å². The first-order chi connectivity index (χ1) is 12.7. The summed E-state index contributed by atoms with van der Waals surface area (Å²) in [5, 5.41) is 0. The zero-order chi connectivity index (χ0) is 20.2. The van der Waals surface area contributed by atoms with Crippen LogP contribution < -0.4 is 24.5 Å².